The van der Waals surface area contributed by atoms with Gasteiger partial charge in [0.1, 0.15) is 5.75 Å². The average Bonchev–Trinajstić information content (AvgIpc) is 3.36. The molecule has 4 aromatic rings. The van der Waals surface area contributed by atoms with Gasteiger partial charge in [0.25, 0.3) is 5.91 Å². The number of rotatable bonds is 6. The van der Waals surface area contributed by atoms with Crippen molar-refractivity contribution in [1.82, 2.24) is 14.7 Å². The van der Waals surface area contributed by atoms with Crippen molar-refractivity contribution < 1.29 is 9.53 Å². The van der Waals surface area contributed by atoms with Gasteiger partial charge in [-0.25, -0.2) is 0 Å². The summed E-state index contributed by atoms with van der Waals surface area (Å²) in [5.74, 6) is 0.806. The molecule has 0 atom stereocenters. The van der Waals surface area contributed by atoms with Crippen molar-refractivity contribution in [1.29, 1.82) is 5.26 Å². The fourth-order valence-corrected chi connectivity index (χ4v) is 5.33. The molecule has 1 amide bonds. The molecular weight excluding hydrogens is 520 g/mol. The zero-order valence-corrected chi connectivity index (χ0v) is 23.7. The van der Waals surface area contributed by atoms with Crippen LogP contribution < -0.4 is 4.74 Å². The Morgan fingerprint density at radius 1 is 1.10 bits per heavy atom. The lowest BCUT2D eigenvalue weighted by molar-refractivity contribution is 0.0664. The number of nitriles is 1. The van der Waals surface area contributed by atoms with Crippen LogP contribution in [0.15, 0.2) is 84.4 Å². The van der Waals surface area contributed by atoms with E-state index in [1.165, 1.54) is 5.57 Å². The maximum atomic E-state index is 13.2. The first-order chi connectivity index (χ1) is 19.3. The van der Waals surface area contributed by atoms with Crippen LogP contribution in [0.2, 0.25) is 5.02 Å². The second kappa shape index (κ2) is 11.4. The summed E-state index contributed by atoms with van der Waals surface area (Å²) in [6.07, 6.45) is 2.97. The number of ether oxygens (including phenoxy) is 1. The van der Waals surface area contributed by atoms with Gasteiger partial charge >= 0.3 is 0 Å². The Hall–Kier alpha value is -4.34. The minimum Gasteiger partial charge on any atom is -0.497 e. The number of piperidine rings is 1. The Balaban J connectivity index is 1.46. The first kappa shape index (κ1) is 27.2. The van der Waals surface area contributed by atoms with Crippen molar-refractivity contribution in [3.8, 4) is 23.1 Å². The molecule has 1 fully saturated rings. The van der Waals surface area contributed by atoms with Crippen molar-refractivity contribution >= 4 is 23.6 Å². The molecule has 0 radical (unpaired) electrons. The van der Waals surface area contributed by atoms with Crippen molar-refractivity contribution in [2.24, 2.45) is 5.41 Å². The Labute approximate surface area is 240 Å². The molecule has 5 rings (SSSR count). The molecule has 0 saturated carbocycles. The third-order valence-corrected chi connectivity index (χ3v) is 7.61. The molecule has 1 saturated heterocycles. The quantitative estimate of drug-likeness (QED) is 0.257. The van der Waals surface area contributed by atoms with E-state index in [2.05, 4.69) is 32.1 Å². The van der Waals surface area contributed by atoms with Crippen LogP contribution in [0.1, 0.15) is 47.4 Å². The molecule has 0 bridgehead atoms. The maximum absolute atomic E-state index is 13.2. The van der Waals surface area contributed by atoms with E-state index < -0.39 is 0 Å². The molecule has 1 aromatic heterocycles. The van der Waals surface area contributed by atoms with Gasteiger partial charge in [-0.2, -0.15) is 10.4 Å². The number of nitrogens with zero attached hydrogens (tertiary/aromatic N) is 4. The summed E-state index contributed by atoms with van der Waals surface area (Å²) in [5.41, 5.74) is 6.02. The number of carbonyl (C=O) groups excluding carboxylic acids is 1. The summed E-state index contributed by atoms with van der Waals surface area (Å²) in [4.78, 5) is 15.1. The predicted octanol–water partition coefficient (Wildman–Crippen LogP) is 7.09. The van der Waals surface area contributed by atoms with Crippen LogP contribution in [0.4, 0.5) is 0 Å². The van der Waals surface area contributed by atoms with Gasteiger partial charge < -0.3 is 9.64 Å². The van der Waals surface area contributed by atoms with Gasteiger partial charge in [-0.3, -0.25) is 9.48 Å². The van der Waals surface area contributed by atoms with Crippen molar-refractivity contribution in [3.63, 3.8) is 0 Å². The molecule has 1 aliphatic rings. The first-order valence-corrected chi connectivity index (χ1v) is 13.6. The number of halogens is 1. The Morgan fingerprint density at radius 3 is 2.58 bits per heavy atom. The summed E-state index contributed by atoms with van der Waals surface area (Å²) in [6, 6.07) is 26.9. The number of likely N-dealkylation sites (tertiary alicyclic amines) is 1. The highest BCUT2D eigenvalue weighted by molar-refractivity contribution is 6.30. The molecule has 2 heterocycles. The molecule has 7 heteroatoms. The number of hydrogen-bond acceptors (Lipinski definition) is 4. The molecule has 3 aromatic carbocycles. The van der Waals surface area contributed by atoms with E-state index >= 15 is 0 Å². The SMILES string of the molecule is COc1ccc(Cn2nc(-c3cccc(C#N)c3)cc2/C=C2\CCN(C(=O)c3cccc(Cl)c3)CC2(C)C)cc1. The van der Waals surface area contributed by atoms with Gasteiger partial charge in [0, 0.05) is 34.7 Å². The molecule has 0 N–H and O–H groups in total. The number of methoxy groups -OCH3 is 1. The lowest BCUT2D eigenvalue weighted by atomic mass is 9.78. The summed E-state index contributed by atoms with van der Waals surface area (Å²) in [7, 11) is 1.66. The fourth-order valence-electron chi connectivity index (χ4n) is 5.14. The van der Waals surface area contributed by atoms with Gasteiger partial charge in [0.2, 0.25) is 0 Å². The lowest BCUT2D eigenvalue weighted by Gasteiger charge is -2.40. The van der Waals surface area contributed by atoms with Crippen molar-refractivity contribution in [3.05, 3.63) is 112 Å². The second-order valence-corrected chi connectivity index (χ2v) is 11.1. The third kappa shape index (κ3) is 5.95. The van der Waals surface area contributed by atoms with Crippen LogP contribution in [0.3, 0.4) is 0 Å². The predicted molar refractivity (Wildman–Crippen MR) is 158 cm³/mol. The second-order valence-electron chi connectivity index (χ2n) is 10.7. The minimum atomic E-state index is -0.234. The number of aromatic nitrogens is 2. The minimum absolute atomic E-state index is 0.00108. The molecule has 40 heavy (non-hydrogen) atoms. The normalized spacial score (nSPS) is 15.6. The van der Waals surface area contributed by atoms with Gasteiger partial charge in [0.05, 0.1) is 36.7 Å². The molecule has 6 nitrogen and oxygen atoms in total. The topological polar surface area (TPSA) is 71.2 Å². The van der Waals surface area contributed by atoms with E-state index in [-0.39, 0.29) is 11.3 Å². The van der Waals surface area contributed by atoms with Gasteiger partial charge in [-0.05, 0) is 66.6 Å². The number of hydrogen-bond donors (Lipinski definition) is 0. The van der Waals surface area contributed by atoms with Crippen LogP contribution in [-0.2, 0) is 6.54 Å². The van der Waals surface area contributed by atoms with Crippen LogP contribution >= 0.6 is 11.6 Å². The molecule has 0 aliphatic carbocycles. The summed E-state index contributed by atoms with van der Waals surface area (Å²) < 4.78 is 7.32. The number of amides is 1. The Morgan fingerprint density at radius 2 is 1.88 bits per heavy atom. The van der Waals surface area contributed by atoms with Crippen molar-refractivity contribution in [2.45, 2.75) is 26.8 Å². The highest BCUT2D eigenvalue weighted by Crippen LogP contribution is 2.37. The highest BCUT2D eigenvalue weighted by atomic mass is 35.5. The van der Waals surface area contributed by atoms with Gasteiger partial charge in [-0.15, -0.1) is 0 Å². The molecule has 202 valence electrons. The van der Waals surface area contributed by atoms with Gasteiger partial charge in [0.15, 0.2) is 0 Å². The van der Waals surface area contributed by atoms with E-state index in [0.29, 0.717) is 35.8 Å². The Bertz CT molecular complexity index is 1610. The van der Waals surface area contributed by atoms with E-state index in [0.717, 1.165) is 34.7 Å². The highest BCUT2D eigenvalue weighted by Gasteiger charge is 2.34. The van der Waals surface area contributed by atoms with E-state index in [4.69, 9.17) is 21.4 Å². The summed E-state index contributed by atoms with van der Waals surface area (Å²) >= 11 is 6.14. The lowest BCUT2D eigenvalue weighted by Crippen LogP contribution is -2.44. The molecule has 0 spiro atoms. The largest absolute Gasteiger partial charge is 0.497 e. The van der Waals surface area contributed by atoms with Crippen LogP contribution in [0.5, 0.6) is 5.75 Å². The van der Waals surface area contributed by atoms with E-state index in [1.807, 2.05) is 64.2 Å². The average molecular weight is 551 g/mol. The molecular formula is C33H31ClN4O2. The third-order valence-electron chi connectivity index (χ3n) is 7.38. The smallest absolute Gasteiger partial charge is 0.253 e. The van der Waals surface area contributed by atoms with Crippen LogP contribution in [-0.4, -0.2) is 40.8 Å². The standard InChI is InChI=1S/C33H31ClN4O2/c1-33(2)22-37(32(39)26-8-5-9-28(34)17-26)15-14-27(33)18-29-19-31(25-7-4-6-24(16-25)20-35)36-38(29)21-23-10-12-30(40-3)13-11-23/h4-13,16-19H,14-15,21-22H2,1-3H3/b27-18+. The first-order valence-electron chi connectivity index (χ1n) is 13.2. The monoisotopic (exact) mass is 550 g/mol. The van der Waals surface area contributed by atoms with Crippen LogP contribution in [0, 0.1) is 16.7 Å². The van der Waals surface area contributed by atoms with E-state index in [9.17, 15) is 10.1 Å². The Kier molecular flexibility index (Phi) is 7.77. The number of benzene rings is 3. The maximum Gasteiger partial charge on any atom is 0.253 e. The zero-order chi connectivity index (χ0) is 28.3. The van der Waals surface area contributed by atoms with Crippen LogP contribution in [0.25, 0.3) is 17.3 Å². The zero-order valence-electron chi connectivity index (χ0n) is 22.9. The van der Waals surface area contributed by atoms with Gasteiger partial charge in [-0.1, -0.05) is 61.4 Å². The summed E-state index contributed by atoms with van der Waals surface area (Å²) in [6.45, 7) is 6.18. The van der Waals surface area contributed by atoms with E-state index in [1.54, 1.807) is 25.3 Å². The summed E-state index contributed by atoms with van der Waals surface area (Å²) in [5, 5.41) is 14.9. The molecule has 1 aliphatic heterocycles. The fraction of sp³-hybridized carbons (Fsp3) is 0.242. The molecule has 0 unspecified atom stereocenters. The van der Waals surface area contributed by atoms with Crippen molar-refractivity contribution in [2.75, 3.05) is 20.2 Å². The number of carbonyl (C=O) groups is 1.